The number of rotatable bonds is 5. The molecule has 0 amide bonds. The Hall–Kier alpha value is -3.10. The van der Waals surface area contributed by atoms with Crippen molar-refractivity contribution < 1.29 is 19.4 Å². The fourth-order valence-corrected chi connectivity index (χ4v) is 3.95. The minimum atomic E-state index is -0.586. The van der Waals surface area contributed by atoms with Crippen LogP contribution in [0.25, 0.3) is 0 Å². The molecule has 154 valence electrons. The van der Waals surface area contributed by atoms with E-state index in [1.807, 2.05) is 13.8 Å². The van der Waals surface area contributed by atoms with Gasteiger partial charge in [-0.15, -0.1) is 0 Å². The van der Waals surface area contributed by atoms with Crippen LogP contribution in [0.3, 0.4) is 0 Å². The zero-order valence-electron chi connectivity index (χ0n) is 16.6. The Balaban J connectivity index is 1.72. The van der Waals surface area contributed by atoms with Crippen molar-refractivity contribution in [2.45, 2.75) is 58.1 Å². The molecule has 1 aromatic carbocycles. The van der Waals surface area contributed by atoms with Gasteiger partial charge in [0.15, 0.2) is 11.5 Å². The molecule has 2 aliphatic rings. The topological polar surface area (TPSA) is 111 Å². The van der Waals surface area contributed by atoms with Crippen LogP contribution in [0.2, 0.25) is 0 Å². The Labute approximate surface area is 168 Å². The maximum atomic E-state index is 13.2. The second kappa shape index (κ2) is 8.10. The van der Waals surface area contributed by atoms with Gasteiger partial charge < -0.3 is 19.9 Å². The summed E-state index contributed by atoms with van der Waals surface area (Å²) in [6.45, 7) is 4.06. The molecule has 2 N–H and O–H groups in total. The lowest BCUT2D eigenvalue weighted by atomic mass is 9.94. The first-order valence-electron chi connectivity index (χ1n) is 10.0. The Morgan fingerprint density at radius 3 is 2.86 bits per heavy atom. The van der Waals surface area contributed by atoms with Crippen molar-refractivity contribution in [1.29, 1.82) is 0 Å². The summed E-state index contributed by atoms with van der Waals surface area (Å²) in [6, 6.07) is 4.41. The number of hydrogen-bond donors (Lipinski definition) is 2. The van der Waals surface area contributed by atoms with E-state index in [0.29, 0.717) is 29.6 Å². The van der Waals surface area contributed by atoms with Gasteiger partial charge in [0.25, 0.3) is 0 Å². The molecule has 0 saturated heterocycles. The van der Waals surface area contributed by atoms with Crippen molar-refractivity contribution >= 4 is 11.9 Å². The van der Waals surface area contributed by atoms with Crippen molar-refractivity contribution in [1.82, 2.24) is 20.2 Å². The third-order valence-electron chi connectivity index (χ3n) is 5.36. The fourth-order valence-electron chi connectivity index (χ4n) is 3.95. The maximum Gasteiger partial charge on any atom is 0.338 e. The molecule has 1 aliphatic heterocycles. The van der Waals surface area contributed by atoms with E-state index < -0.39 is 6.04 Å². The van der Waals surface area contributed by atoms with E-state index in [1.54, 1.807) is 22.9 Å². The molecule has 29 heavy (non-hydrogen) atoms. The number of tetrazole rings is 1. The van der Waals surface area contributed by atoms with E-state index in [1.165, 1.54) is 6.42 Å². The van der Waals surface area contributed by atoms with E-state index in [9.17, 15) is 9.90 Å². The molecule has 2 aromatic rings. The molecule has 1 aliphatic carbocycles. The van der Waals surface area contributed by atoms with E-state index in [2.05, 4.69) is 20.8 Å². The van der Waals surface area contributed by atoms with Crippen molar-refractivity contribution in [2.75, 3.05) is 11.9 Å². The Kier molecular flexibility index (Phi) is 5.37. The first kappa shape index (κ1) is 19.2. The first-order chi connectivity index (χ1) is 14.1. The maximum absolute atomic E-state index is 13.2. The molecule has 0 radical (unpaired) electrons. The monoisotopic (exact) mass is 399 g/mol. The van der Waals surface area contributed by atoms with Crippen molar-refractivity contribution in [3.8, 4) is 11.5 Å². The number of carbonyl (C=O) groups excluding carboxylic acids is 1. The highest BCUT2D eigenvalue weighted by atomic mass is 16.5. The van der Waals surface area contributed by atoms with Gasteiger partial charge >= 0.3 is 5.97 Å². The summed E-state index contributed by atoms with van der Waals surface area (Å²) in [7, 11) is 0. The van der Waals surface area contributed by atoms with E-state index >= 15 is 0 Å². The Bertz CT molecular complexity index is 933. The number of phenolic OH excluding ortho intramolecular Hbond substituents is 1. The predicted octanol–water partition coefficient (Wildman–Crippen LogP) is 2.94. The zero-order valence-corrected chi connectivity index (χ0v) is 16.6. The summed E-state index contributed by atoms with van der Waals surface area (Å²) in [5, 5.41) is 25.0. The van der Waals surface area contributed by atoms with Gasteiger partial charge in [-0.2, -0.15) is 4.68 Å². The highest BCUT2D eigenvalue weighted by Gasteiger charge is 2.36. The van der Waals surface area contributed by atoms with Gasteiger partial charge in [-0.3, -0.25) is 0 Å². The number of anilines is 1. The van der Waals surface area contributed by atoms with Crippen LogP contribution in [0, 0.1) is 0 Å². The fraction of sp³-hybridized carbons (Fsp3) is 0.500. The number of phenols is 1. The molecule has 9 nitrogen and oxygen atoms in total. The molecule has 0 spiro atoms. The summed E-state index contributed by atoms with van der Waals surface area (Å²) >= 11 is 0. The quantitative estimate of drug-likeness (QED) is 0.738. The van der Waals surface area contributed by atoms with Crippen LogP contribution >= 0.6 is 0 Å². The summed E-state index contributed by atoms with van der Waals surface area (Å²) in [5.41, 5.74) is 1.81. The van der Waals surface area contributed by atoms with Crippen LogP contribution in [0.5, 0.6) is 11.5 Å². The standard InChI is InChI=1S/C20H25N5O4/c1-3-28-16-11-13(9-10-15(16)26)18-17(12(2)21-20-22-23-24-25(18)20)19(27)29-14-7-5-4-6-8-14/h9-11,14,18,26H,3-8H2,1-2H3,(H,21,22,24). The number of nitrogens with zero attached hydrogens (tertiary/aromatic N) is 4. The smallest absolute Gasteiger partial charge is 0.338 e. The van der Waals surface area contributed by atoms with Gasteiger partial charge in [0.2, 0.25) is 5.95 Å². The number of aromatic hydroxyl groups is 1. The SMILES string of the molecule is CCOc1cc(C2C(C(=O)OC3CCCCC3)=C(C)Nc3nnnn32)ccc1O. The molecule has 2 heterocycles. The largest absolute Gasteiger partial charge is 0.504 e. The van der Waals surface area contributed by atoms with E-state index in [4.69, 9.17) is 9.47 Å². The average molecular weight is 399 g/mol. The molecular formula is C20H25N5O4. The van der Waals surface area contributed by atoms with Gasteiger partial charge in [0.1, 0.15) is 12.1 Å². The minimum absolute atomic E-state index is 0.0357. The van der Waals surface area contributed by atoms with Crippen LogP contribution in [0.4, 0.5) is 5.95 Å². The lowest BCUT2D eigenvalue weighted by Gasteiger charge is -2.29. The number of benzene rings is 1. The highest BCUT2D eigenvalue weighted by molar-refractivity contribution is 5.92. The summed E-state index contributed by atoms with van der Waals surface area (Å²) < 4.78 is 12.9. The Morgan fingerprint density at radius 1 is 1.31 bits per heavy atom. The number of allylic oxidation sites excluding steroid dienone is 1. The lowest BCUT2D eigenvalue weighted by Crippen LogP contribution is -2.32. The number of carbonyl (C=O) groups is 1. The lowest BCUT2D eigenvalue weighted by molar-refractivity contribution is -0.146. The van der Waals surface area contributed by atoms with Crippen molar-refractivity contribution in [3.05, 3.63) is 35.0 Å². The molecule has 1 unspecified atom stereocenters. The average Bonchev–Trinajstić information content (AvgIpc) is 3.17. The second-order valence-corrected chi connectivity index (χ2v) is 7.34. The number of aromatic nitrogens is 4. The number of hydrogen-bond acceptors (Lipinski definition) is 8. The highest BCUT2D eigenvalue weighted by Crippen LogP contribution is 2.38. The number of ether oxygens (including phenoxy) is 2. The number of nitrogens with one attached hydrogen (secondary N) is 1. The van der Waals surface area contributed by atoms with Gasteiger partial charge in [0.05, 0.1) is 12.2 Å². The number of esters is 1. The van der Waals surface area contributed by atoms with E-state index in [-0.39, 0.29) is 17.8 Å². The van der Waals surface area contributed by atoms with Crippen molar-refractivity contribution in [3.63, 3.8) is 0 Å². The summed E-state index contributed by atoms with van der Waals surface area (Å²) in [5.74, 6) is 0.441. The molecule has 4 rings (SSSR count). The van der Waals surface area contributed by atoms with Crippen LogP contribution in [-0.4, -0.2) is 44.0 Å². The summed E-state index contributed by atoms with van der Waals surface area (Å²) in [4.78, 5) is 13.2. The predicted molar refractivity (Wildman–Crippen MR) is 105 cm³/mol. The van der Waals surface area contributed by atoms with Gasteiger partial charge in [-0.1, -0.05) is 17.6 Å². The van der Waals surface area contributed by atoms with Crippen LogP contribution in [-0.2, 0) is 9.53 Å². The van der Waals surface area contributed by atoms with Gasteiger partial charge in [0, 0.05) is 5.70 Å². The molecule has 0 bridgehead atoms. The van der Waals surface area contributed by atoms with Crippen molar-refractivity contribution in [2.24, 2.45) is 0 Å². The molecule has 9 heteroatoms. The normalized spacial score (nSPS) is 19.4. The molecule has 1 aromatic heterocycles. The van der Waals surface area contributed by atoms with Crippen LogP contribution < -0.4 is 10.1 Å². The second-order valence-electron chi connectivity index (χ2n) is 7.34. The zero-order chi connectivity index (χ0) is 20.4. The molecular weight excluding hydrogens is 374 g/mol. The number of fused-ring (bicyclic) bond motifs is 1. The third kappa shape index (κ3) is 3.76. The molecule has 1 saturated carbocycles. The van der Waals surface area contributed by atoms with Crippen LogP contribution in [0.1, 0.15) is 57.6 Å². The van der Waals surface area contributed by atoms with Gasteiger partial charge in [-0.05, 0) is 67.7 Å². The molecule has 1 atom stereocenters. The minimum Gasteiger partial charge on any atom is -0.504 e. The van der Waals surface area contributed by atoms with Gasteiger partial charge in [-0.25, -0.2) is 4.79 Å². The molecule has 1 fully saturated rings. The van der Waals surface area contributed by atoms with E-state index in [0.717, 1.165) is 31.2 Å². The first-order valence-corrected chi connectivity index (χ1v) is 10.0. The summed E-state index contributed by atoms with van der Waals surface area (Å²) in [6.07, 6.45) is 5.04. The Morgan fingerprint density at radius 2 is 2.10 bits per heavy atom. The van der Waals surface area contributed by atoms with Crippen LogP contribution in [0.15, 0.2) is 29.5 Å². The third-order valence-corrected chi connectivity index (χ3v) is 5.36.